The molecule has 1 heterocycles. The lowest BCUT2D eigenvalue weighted by Gasteiger charge is -2.16. The van der Waals surface area contributed by atoms with E-state index in [-0.39, 0.29) is 5.97 Å². The first kappa shape index (κ1) is 12.7. The number of hydrogen-bond acceptors (Lipinski definition) is 4. The van der Waals surface area contributed by atoms with E-state index in [1.54, 1.807) is 6.33 Å². The van der Waals surface area contributed by atoms with Crippen molar-refractivity contribution >= 4 is 5.97 Å². The minimum Gasteiger partial charge on any atom is -0.469 e. The lowest BCUT2D eigenvalue weighted by Crippen LogP contribution is -2.21. The van der Waals surface area contributed by atoms with Gasteiger partial charge in [-0.25, -0.2) is 4.98 Å². The summed E-state index contributed by atoms with van der Waals surface area (Å²) in [5.74, 6) is -0.145. The van der Waals surface area contributed by atoms with Gasteiger partial charge in [0.2, 0.25) is 0 Å². The third-order valence-corrected chi connectivity index (χ3v) is 2.50. The van der Waals surface area contributed by atoms with Crippen LogP contribution < -0.4 is 0 Å². The third-order valence-electron chi connectivity index (χ3n) is 2.50. The zero-order valence-electron chi connectivity index (χ0n) is 10.1. The Hall–Kier alpha value is -1.36. The van der Waals surface area contributed by atoms with Crippen LogP contribution >= 0.6 is 0 Å². The number of carbonyl (C=O) groups is 1. The van der Waals surface area contributed by atoms with E-state index in [4.69, 9.17) is 0 Å². The summed E-state index contributed by atoms with van der Waals surface area (Å²) in [5, 5.41) is 0. The Balaban J connectivity index is 2.24. The van der Waals surface area contributed by atoms with Gasteiger partial charge in [0.25, 0.3) is 0 Å². The lowest BCUT2D eigenvalue weighted by molar-refractivity contribution is -0.140. The van der Waals surface area contributed by atoms with Crippen LogP contribution in [0.5, 0.6) is 0 Å². The van der Waals surface area contributed by atoms with E-state index in [0.717, 1.165) is 19.5 Å². The van der Waals surface area contributed by atoms with Gasteiger partial charge in [0.05, 0.1) is 19.1 Å². The van der Waals surface area contributed by atoms with Crippen molar-refractivity contribution in [3.63, 3.8) is 0 Å². The molecule has 0 N–H and O–H groups in total. The topological polar surface area (TPSA) is 47.4 Å². The van der Waals surface area contributed by atoms with E-state index in [2.05, 4.69) is 14.6 Å². The average molecular weight is 225 g/mol. The molecule has 0 aliphatic heterocycles. The van der Waals surface area contributed by atoms with Gasteiger partial charge in [0.1, 0.15) is 0 Å². The molecule has 0 aromatic carbocycles. The number of nitrogens with zero attached hydrogens (tertiary/aromatic N) is 3. The van der Waals surface area contributed by atoms with Crippen molar-refractivity contribution < 1.29 is 9.53 Å². The predicted octanol–water partition coefficient (Wildman–Crippen LogP) is 0.805. The van der Waals surface area contributed by atoms with E-state index in [1.165, 1.54) is 12.8 Å². The molecule has 0 bridgehead atoms. The summed E-state index contributed by atoms with van der Waals surface area (Å²) in [6.45, 7) is 1.72. The van der Waals surface area contributed by atoms with Gasteiger partial charge in [-0.15, -0.1) is 0 Å². The van der Waals surface area contributed by atoms with Crippen LogP contribution in [0.15, 0.2) is 12.5 Å². The van der Waals surface area contributed by atoms with Crippen LogP contribution in [0.3, 0.4) is 0 Å². The molecule has 0 fully saturated rings. The summed E-state index contributed by atoms with van der Waals surface area (Å²) in [4.78, 5) is 17.1. The molecule has 5 nitrogen and oxygen atoms in total. The number of imidazole rings is 1. The molecule has 0 aliphatic rings. The summed E-state index contributed by atoms with van der Waals surface area (Å²) < 4.78 is 6.58. The zero-order chi connectivity index (χ0) is 12.0. The summed E-state index contributed by atoms with van der Waals surface area (Å²) in [5.41, 5.74) is 1.17. The lowest BCUT2D eigenvalue weighted by atomic mass is 10.3. The van der Waals surface area contributed by atoms with Crippen LogP contribution in [-0.4, -0.2) is 41.1 Å². The molecule has 1 rings (SSSR count). The number of ether oxygens (including phenoxy) is 1. The van der Waals surface area contributed by atoms with Crippen LogP contribution in [0.25, 0.3) is 0 Å². The monoisotopic (exact) mass is 225 g/mol. The van der Waals surface area contributed by atoms with Crippen LogP contribution in [0.4, 0.5) is 0 Å². The molecule has 0 atom stereocenters. The number of aromatic nitrogens is 2. The molecule has 0 saturated carbocycles. The van der Waals surface area contributed by atoms with Gasteiger partial charge in [0.15, 0.2) is 0 Å². The highest BCUT2D eigenvalue weighted by atomic mass is 16.5. The minimum atomic E-state index is -0.145. The molecule has 0 aliphatic carbocycles. The Labute approximate surface area is 96.0 Å². The van der Waals surface area contributed by atoms with Crippen molar-refractivity contribution in [2.24, 2.45) is 7.05 Å². The maximum Gasteiger partial charge on any atom is 0.305 e. The zero-order valence-corrected chi connectivity index (χ0v) is 10.1. The van der Waals surface area contributed by atoms with Crippen molar-refractivity contribution in [2.45, 2.75) is 19.4 Å². The highest BCUT2D eigenvalue weighted by Crippen LogP contribution is 2.02. The number of rotatable bonds is 6. The Morgan fingerprint density at radius 3 is 2.94 bits per heavy atom. The molecule has 1 aromatic rings. The van der Waals surface area contributed by atoms with Crippen molar-refractivity contribution in [2.75, 3.05) is 20.7 Å². The van der Waals surface area contributed by atoms with Crippen molar-refractivity contribution in [1.29, 1.82) is 0 Å². The second kappa shape index (κ2) is 6.27. The van der Waals surface area contributed by atoms with Crippen LogP contribution in [-0.2, 0) is 23.1 Å². The summed E-state index contributed by atoms with van der Waals surface area (Å²) >= 11 is 0. The molecule has 0 radical (unpaired) electrons. The second-order valence-electron chi connectivity index (χ2n) is 3.91. The van der Waals surface area contributed by atoms with E-state index in [0.29, 0.717) is 6.42 Å². The number of methoxy groups -OCH3 is 1. The Morgan fingerprint density at radius 1 is 1.62 bits per heavy atom. The van der Waals surface area contributed by atoms with Crippen LogP contribution in [0.1, 0.15) is 18.5 Å². The maximum atomic E-state index is 10.9. The first-order chi connectivity index (χ1) is 7.63. The van der Waals surface area contributed by atoms with Crippen molar-refractivity contribution in [3.05, 3.63) is 18.2 Å². The molecule has 16 heavy (non-hydrogen) atoms. The molecule has 5 heteroatoms. The molecule has 0 amide bonds. The van der Waals surface area contributed by atoms with Gasteiger partial charge in [0, 0.05) is 26.2 Å². The number of hydrogen-bond donors (Lipinski definition) is 0. The number of aryl methyl sites for hydroxylation is 1. The molecular formula is C11H19N3O2. The first-order valence-electron chi connectivity index (χ1n) is 5.34. The number of carbonyl (C=O) groups excluding carboxylic acids is 1. The smallest absolute Gasteiger partial charge is 0.305 e. The molecule has 90 valence electrons. The van der Waals surface area contributed by atoms with Gasteiger partial charge in [-0.1, -0.05) is 0 Å². The molecule has 0 unspecified atom stereocenters. The summed E-state index contributed by atoms with van der Waals surface area (Å²) in [6, 6.07) is 0. The minimum absolute atomic E-state index is 0.145. The molecule has 1 aromatic heterocycles. The van der Waals surface area contributed by atoms with Crippen molar-refractivity contribution in [1.82, 2.24) is 14.5 Å². The fourth-order valence-corrected chi connectivity index (χ4v) is 1.49. The highest BCUT2D eigenvalue weighted by molar-refractivity contribution is 5.69. The third kappa shape index (κ3) is 4.02. The van der Waals surface area contributed by atoms with Gasteiger partial charge in [-0.05, 0) is 20.0 Å². The average Bonchev–Trinajstić information content (AvgIpc) is 2.64. The fourth-order valence-electron chi connectivity index (χ4n) is 1.49. The van der Waals surface area contributed by atoms with Gasteiger partial charge in [-0.2, -0.15) is 0 Å². The molecule has 0 spiro atoms. The number of esters is 1. The molecular weight excluding hydrogens is 206 g/mol. The fraction of sp³-hybridized carbons (Fsp3) is 0.636. The van der Waals surface area contributed by atoms with Gasteiger partial charge < -0.3 is 14.2 Å². The predicted molar refractivity (Wildman–Crippen MR) is 60.8 cm³/mol. The first-order valence-corrected chi connectivity index (χ1v) is 5.34. The Bertz CT molecular complexity index is 336. The van der Waals surface area contributed by atoms with Gasteiger partial charge in [-0.3, -0.25) is 4.79 Å². The van der Waals surface area contributed by atoms with Gasteiger partial charge >= 0.3 is 5.97 Å². The SMILES string of the molecule is COC(=O)CCCN(C)Cc1cncn1C. The summed E-state index contributed by atoms with van der Waals surface area (Å²) in [7, 11) is 5.43. The quantitative estimate of drug-likeness (QED) is 0.672. The van der Waals surface area contributed by atoms with E-state index < -0.39 is 0 Å². The standard InChI is InChI=1S/C11H19N3O2/c1-13(6-4-5-11(15)16-3)8-10-7-12-9-14(10)2/h7,9H,4-6,8H2,1-3H3. The van der Waals surface area contributed by atoms with Crippen LogP contribution in [0, 0.1) is 0 Å². The normalized spacial score (nSPS) is 10.8. The Morgan fingerprint density at radius 2 is 2.38 bits per heavy atom. The van der Waals surface area contributed by atoms with E-state index in [1.807, 2.05) is 24.9 Å². The largest absolute Gasteiger partial charge is 0.469 e. The van der Waals surface area contributed by atoms with E-state index >= 15 is 0 Å². The second-order valence-corrected chi connectivity index (χ2v) is 3.91. The Kier molecular flexibility index (Phi) is 4.98. The van der Waals surface area contributed by atoms with Crippen molar-refractivity contribution in [3.8, 4) is 0 Å². The molecule has 0 saturated heterocycles. The highest BCUT2D eigenvalue weighted by Gasteiger charge is 2.05. The summed E-state index contributed by atoms with van der Waals surface area (Å²) in [6.07, 6.45) is 4.95. The van der Waals surface area contributed by atoms with E-state index in [9.17, 15) is 4.79 Å². The van der Waals surface area contributed by atoms with Crippen LogP contribution in [0.2, 0.25) is 0 Å². The maximum absolute atomic E-state index is 10.9.